The minimum atomic E-state index is -0.787. The Kier molecular flexibility index (Phi) is 6.18. The molecular weight excluding hydrogens is 409 g/mol. The lowest BCUT2D eigenvalue weighted by atomic mass is 9.77. The summed E-state index contributed by atoms with van der Waals surface area (Å²) in [6.07, 6.45) is 8.18. The van der Waals surface area contributed by atoms with Gasteiger partial charge in [-0.15, -0.1) is 0 Å². The summed E-state index contributed by atoms with van der Waals surface area (Å²) in [5.74, 6) is 1.77. The van der Waals surface area contributed by atoms with E-state index in [0.29, 0.717) is 43.1 Å². The van der Waals surface area contributed by atoms with Crippen LogP contribution < -0.4 is 21.6 Å². The van der Waals surface area contributed by atoms with Crippen LogP contribution in [0.25, 0.3) is 0 Å². The van der Waals surface area contributed by atoms with Gasteiger partial charge in [0.1, 0.15) is 6.17 Å². The highest BCUT2D eigenvalue weighted by atomic mass is 19.1. The Morgan fingerprint density at radius 1 is 1.22 bits per heavy atom. The minimum absolute atomic E-state index is 0.0294. The van der Waals surface area contributed by atoms with Crippen molar-refractivity contribution in [1.82, 2.24) is 25.5 Å². The summed E-state index contributed by atoms with van der Waals surface area (Å²) < 4.78 is 16.2. The zero-order valence-electron chi connectivity index (χ0n) is 19.2. The Morgan fingerprint density at radius 3 is 2.69 bits per heavy atom. The normalized spacial score (nSPS) is 40.6. The number of carbonyl (C=O) groups excluding carboxylic acids is 1. The molecule has 1 aromatic heterocycles. The molecule has 2 saturated heterocycles. The number of imidazole rings is 1. The summed E-state index contributed by atoms with van der Waals surface area (Å²) in [7, 11) is 0. The number of aromatic amines is 1. The number of nitrogens with one attached hydrogen (secondary N) is 4. The molecule has 4 fully saturated rings. The Hall–Kier alpha value is -1.67. The predicted octanol–water partition coefficient (Wildman–Crippen LogP) is 1.80. The summed E-state index contributed by atoms with van der Waals surface area (Å²) in [5, 5.41) is 10.6. The van der Waals surface area contributed by atoms with Crippen molar-refractivity contribution in [2.24, 2.45) is 29.6 Å². The lowest BCUT2D eigenvalue weighted by Gasteiger charge is -2.40. The molecule has 7 nitrogen and oxygen atoms in total. The highest BCUT2D eigenvalue weighted by molar-refractivity contribution is 5.82. The van der Waals surface area contributed by atoms with Crippen molar-refractivity contribution in [1.29, 1.82) is 0 Å². The van der Waals surface area contributed by atoms with Gasteiger partial charge < -0.3 is 20.9 Å². The monoisotopic (exact) mass is 447 g/mol. The first-order valence-corrected chi connectivity index (χ1v) is 12.6. The number of rotatable bonds is 6. The Balaban J connectivity index is 1.20. The van der Waals surface area contributed by atoms with Gasteiger partial charge in [-0.1, -0.05) is 13.8 Å². The standard InChI is InChI=1S/C24H38FN5O2/c1-13-3-6-18(25)17-10-19(28-20(13)17)23(31)29-22(16-4-5-16)21-14(2)9-15(11-27-21)12-30-8-7-26-24(30)32/h7-8,13-22,27-28H,3-6,9-12H2,1-2H3,(H,26,32)(H,29,31). The van der Waals surface area contributed by atoms with Crippen molar-refractivity contribution in [3.05, 3.63) is 22.9 Å². The van der Waals surface area contributed by atoms with Gasteiger partial charge in [0.05, 0.1) is 6.04 Å². The smallest absolute Gasteiger partial charge is 0.325 e. The van der Waals surface area contributed by atoms with E-state index in [0.717, 1.165) is 32.2 Å². The molecule has 32 heavy (non-hydrogen) atoms. The molecule has 178 valence electrons. The molecule has 2 aliphatic carbocycles. The molecule has 0 bridgehead atoms. The van der Waals surface area contributed by atoms with Gasteiger partial charge in [0, 0.05) is 49.5 Å². The number of alkyl halides is 1. The second-order valence-corrected chi connectivity index (χ2v) is 11.0. The van der Waals surface area contributed by atoms with Crippen molar-refractivity contribution < 1.29 is 9.18 Å². The number of fused-ring (bicyclic) bond motifs is 1. The maximum absolute atomic E-state index is 14.5. The van der Waals surface area contributed by atoms with Gasteiger partial charge in [-0.2, -0.15) is 0 Å². The fraction of sp³-hybridized carbons (Fsp3) is 0.833. The largest absolute Gasteiger partial charge is 0.350 e. The maximum atomic E-state index is 14.5. The highest BCUT2D eigenvalue weighted by Crippen LogP contribution is 2.40. The molecule has 8 heteroatoms. The molecule has 0 spiro atoms. The average Bonchev–Trinajstić information content (AvgIpc) is 3.37. The molecule has 1 aromatic rings. The molecule has 4 N–H and O–H groups in total. The molecule has 2 saturated carbocycles. The van der Waals surface area contributed by atoms with E-state index >= 15 is 0 Å². The van der Waals surface area contributed by atoms with Crippen molar-refractivity contribution in [2.45, 2.75) is 89.3 Å². The summed E-state index contributed by atoms with van der Waals surface area (Å²) in [5.41, 5.74) is -0.0580. The number of amides is 1. The summed E-state index contributed by atoms with van der Waals surface area (Å²) in [6, 6.07) is 0.203. The number of hydrogen-bond acceptors (Lipinski definition) is 4. The molecule has 3 heterocycles. The van der Waals surface area contributed by atoms with Gasteiger partial charge in [-0.3, -0.25) is 9.36 Å². The van der Waals surface area contributed by atoms with Crippen LogP contribution in [-0.4, -0.2) is 52.3 Å². The van der Waals surface area contributed by atoms with E-state index in [1.165, 1.54) is 0 Å². The van der Waals surface area contributed by atoms with Gasteiger partial charge in [-0.05, 0) is 62.2 Å². The summed E-state index contributed by atoms with van der Waals surface area (Å²) in [6.45, 7) is 5.99. The van der Waals surface area contributed by atoms with Crippen LogP contribution in [0.15, 0.2) is 17.2 Å². The third kappa shape index (κ3) is 4.40. The van der Waals surface area contributed by atoms with Crippen LogP contribution >= 0.6 is 0 Å². The molecule has 1 amide bonds. The molecule has 5 rings (SSSR count). The number of nitrogens with zero attached hydrogens (tertiary/aromatic N) is 1. The van der Waals surface area contributed by atoms with Gasteiger partial charge in [0.2, 0.25) is 5.91 Å². The fourth-order valence-corrected chi connectivity index (χ4v) is 6.67. The molecule has 2 aliphatic heterocycles. The molecule has 9 atom stereocenters. The lowest BCUT2D eigenvalue weighted by molar-refractivity contribution is -0.124. The van der Waals surface area contributed by atoms with E-state index in [1.54, 1.807) is 17.0 Å². The zero-order chi connectivity index (χ0) is 22.4. The number of piperidine rings is 1. The van der Waals surface area contributed by atoms with Crippen molar-refractivity contribution in [3.8, 4) is 0 Å². The van der Waals surface area contributed by atoms with Crippen molar-refractivity contribution in [3.63, 3.8) is 0 Å². The minimum Gasteiger partial charge on any atom is -0.350 e. The predicted molar refractivity (Wildman–Crippen MR) is 121 cm³/mol. The van der Waals surface area contributed by atoms with Crippen LogP contribution in [0, 0.1) is 29.6 Å². The van der Waals surface area contributed by atoms with E-state index in [4.69, 9.17) is 0 Å². The Labute approximate surface area is 189 Å². The van der Waals surface area contributed by atoms with Gasteiger partial charge in [0.15, 0.2) is 0 Å². The second-order valence-electron chi connectivity index (χ2n) is 11.0. The lowest BCUT2D eigenvalue weighted by Crippen LogP contribution is -2.60. The van der Waals surface area contributed by atoms with Crippen molar-refractivity contribution in [2.75, 3.05) is 6.54 Å². The molecule has 9 unspecified atom stereocenters. The first-order valence-electron chi connectivity index (χ1n) is 12.6. The number of halogens is 1. The Bertz CT molecular complexity index is 849. The van der Waals surface area contributed by atoms with E-state index in [-0.39, 0.29) is 41.7 Å². The number of aromatic nitrogens is 2. The third-order valence-corrected chi connectivity index (χ3v) is 8.62. The molecule has 4 aliphatic rings. The average molecular weight is 448 g/mol. The number of carbonyl (C=O) groups is 1. The zero-order valence-corrected chi connectivity index (χ0v) is 19.2. The van der Waals surface area contributed by atoms with Crippen LogP contribution in [0.1, 0.15) is 52.4 Å². The van der Waals surface area contributed by atoms with Crippen molar-refractivity contribution >= 4 is 5.91 Å². The SMILES string of the molecule is CC1CCC(F)C2CC(C(=O)NC(C3CC3)C3NCC(Cn4cc[nH]c4=O)CC3C)NC12. The molecule has 0 aromatic carbocycles. The Morgan fingerprint density at radius 2 is 2.03 bits per heavy atom. The first-order chi connectivity index (χ1) is 15.4. The van der Waals surface area contributed by atoms with E-state index in [1.807, 2.05) is 0 Å². The fourth-order valence-electron chi connectivity index (χ4n) is 6.67. The molecular formula is C24H38FN5O2. The van der Waals surface area contributed by atoms with Crippen LogP contribution in [-0.2, 0) is 11.3 Å². The van der Waals surface area contributed by atoms with Crippen LogP contribution in [0.5, 0.6) is 0 Å². The van der Waals surface area contributed by atoms with Crippen LogP contribution in [0.2, 0.25) is 0 Å². The number of H-pyrrole nitrogens is 1. The van der Waals surface area contributed by atoms with Crippen LogP contribution in [0.4, 0.5) is 4.39 Å². The first kappa shape index (κ1) is 22.1. The second kappa shape index (κ2) is 8.93. The van der Waals surface area contributed by atoms with E-state index in [2.05, 4.69) is 34.8 Å². The quantitative estimate of drug-likeness (QED) is 0.535. The van der Waals surface area contributed by atoms with Crippen LogP contribution in [0.3, 0.4) is 0 Å². The van der Waals surface area contributed by atoms with E-state index in [9.17, 15) is 14.0 Å². The van der Waals surface area contributed by atoms with E-state index < -0.39 is 6.17 Å². The van der Waals surface area contributed by atoms with Gasteiger partial charge in [0.25, 0.3) is 0 Å². The maximum Gasteiger partial charge on any atom is 0.325 e. The molecule has 0 radical (unpaired) electrons. The third-order valence-electron chi connectivity index (χ3n) is 8.62. The van der Waals surface area contributed by atoms with Gasteiger partial charge >= 0.3 is 5.69 Å². The highest BCUT2D eigenvalue weighted by Gasteiger charge is 2.48. The summed E-state index contributed by atoms with van der Waals surface area (Å²) in [4.78, 5) is 27.8. The summed E-state index contributed by atoms with van der Waals surface area (Å²) >= 11 is 0. The topological polar surface area (TPSA) is 91.0 Å². The van der Waals surface area contributed by atoms with Gasteiger partial charge in [-0.25, -0.2) is 9.18 Å². The number of hydrogen-bond donors (Lipinski definition) is 4.